The highest BCUT2D eigenvalue weighted by Crippen LogP contribution is 2.26. The molecule has 0 atom stereocenters. The number of nitrogens with zero attached hydrogens (tertiary/aromatic N) is 10. The molecule has 1 aliphatic rings. The molecule has 2 N–H and O–H groups in total. The molecule has 5 rings (SSSR count). The number of allylic oxidation sites excluding steroid dienone is 2. The number of aromatic nitrogens is 6. The molecule has 16 nitrogen and oxygen atoms in total. The average molecular weight is 597 g/mol. The molecule has 1 fully saturated rings. The van der Waals surface area contributed by atoms with E-state index in [1.807, 2.05) is 18.9 Å². The van der Waals surface area contributed by atoms with Crippen molar-refractivity contribution in [3.8, 4) is 22.8 Å². The van der Waals surface area contributed by atoms with E-state index in [4.69, 9.17) is 10.8 Å². The number of benzene rings is 2. The third-order valence-corrected chi connectivity index (χ3v) is 6.97. The van der Waals surface area contributed by atoms with Crippen LogP contribution in [0.2, 0.25) is 0 Å². The molecule has 2 aromatic carbocycles. The topological polar surface area (TPSA) is 202 Å². The first kappa shape index (κ1) is 29.4. The van der Waals surface area contributed by atoms with E-state index >= 15 is 0 Å². The zero-order valence-electron chi connectivity index (χ0n) is 23.5. The van der Waals surface area contributed by atoms with Crippen molar-refractivity contribution in [1.82, 2.24) is 29.1 Å². The molecular weight excluding hydrogens is 568 g/mol. The van der Waals surface area contributed by atoms with Crippen molar-refractivity contribution in [2.45, 2.75) is 13.1 Å². The summed E-state index contributed by atoms with van der Waals surface area (Å²) < 4.78 is 3.64. The largest absolute Gasteiger partial charge is 0.339 e. The number of piperazine rings is 1. The van der Waals surface area contributed by atoms with Crippen LogP contribution in [0, 0.1) is 31.0 Å². The van der Waals surface area contributed by atoms with Crippen molar-refractivity contribution in [1.29, 1.82) is 10.8 Å². The van der Waals surface area contributed by atoms with Crippen LogP contribution in [-0.2, 0) is 13.1 Å². The molecular formula is C28H28N12O4. The number of nitro groups is 2. The van der Waals surface area contributed by atoms with E-state index in [2.05, 4.69) is 33.1 Å². The lowest BCUT2D eigenvalue weighted by Gasteiger charge is -2.37. The van der Waals surface area contributed by atoms with Crippen molar-refractivity contribution in [3.63, 3.8) is 0 Å². The van der Waals surface area contributed by atoms with Crippen molar-refractivity contribution in [2.24, 2.45) is 0 Å². The van der Waals surface area contributed by atoms with Crippen LogP contribution in [0.5, 0.6) is 0 Å². The van der Waals surface area contributed by atoms with Gasteiger partial charge in [-0.3, -0.25) is 40.2 Å². The molecule has 1 aliphatic heterocycles. The fourth-order valence-electron chi connectivity index (χ4n) is 4.96. The molecule has 1 saturated heterocycles. The summed E-state index contributed by atoms with van der Waals surface area (Å²) in [6.45, 7) is 10.4. The summed E-state index contributed by atoms with van der Waals surface area (Å²) in [5.74, 6) is 1.88. The Bertz CT molecular complexity index is 1720. The predicted molar refractivity (Wildman–Crippen MR) is 161 cm³/mol. The lowest BCUT2D eigenvalue weighted by molar-refractivity contribution is -0.385. The molecule has 0 radical (unpaired) electrons. The van der Waals surface area contributed by atoms with Gasteiger partial charge in [-0.05, 0) is 24.3 Å². The number of anilines is 2. The lowest BCUT2D eigenvalue weighted by Crippen LogP contribution is -2.50. The summed E-state index contributed by atoms with van der Waals surface area (Å²) in [7, 11) is 0. The number of hydrogen-bond donors (Lipinski definition) is 2. The first-order chi connectivity index (χ1) is 21.2. The zero-order chi connectivity index (χ0) is 31.4. The van der Waals surface area contributed by atoms with Gasteiger partial charge in [-0.2, -0.15) is 19.9 Å². The monoisotopic (exact) mass is 596 g/mol. The quantitative estimate of drug-likeness (QED) is 0.156. The van der Waals surface area contributed by atoms with E-state index in [9.17, 15) is 20.2 Å². The van der Waals surface area contributed by atoms with E-state index in [0.717, 1.165) is 0 Å². The van der Waals surface area contributed by atoms with Gasteiger partial charge in [-0.25, -0.2) is 0 Å². The maximum Gasteiger partial charge on any atom is 0.269 e. The van der Waals surface area contributed by atoms with Crippen LogP contribution in [0.1, 0.15) is 0 Å². The Hall–Kier alpha value is -6.06. The molecule has 0 unspecified atom stereocenters. The number of nitrogens with one attached hydrogen (secondary N) is 2. The third kappa shape index (κ3) is 5.94. The summed E-state index contributed by atoms with van der Waals surface area (Å²) in [5.41, 5.74) is 0.713. The normalized spacial score (nSPS) is 13.0. The maximum absolute atomic E-state index is 11.1. The molecule has 44 heavy (non-hydrogen) atoms. The smallest absolute Gasteiger partial charge is 0.269 e. The van der Waals surface area contributed by atoms with Gasteiger partial charge in [0.25, 0.3) is 11.4 Å². The van der Waals surface area contributed by atoms with Crippen molar-refractivity contribution < 1.29 is 9.85 Å². The Morgan fingerprint density at radius 3 is 1.30 bits per heavy atom. The average Bonchev–Trinajstić information content (AvgIpc) is 3.02. The summed E-state index contributed by atoms with van der Waals surface area (Å²) in [5, 5.41) is 38.9. The minimum absolute atomic E-state index is 0.0495. The highest BCUT2D eigenvalue weighted by molar-refractivity contribution is 5.61. The van der Waals surface area contributed by atoms with Crippen molar-refractivity contribution in [3.05, 3.63) is 105 Å². The zero-order valence-corrected chi connectivity index (χ0v) is 23.5. The van der Waals surface area contributed by atoms with Crippen LogP contribution >= 0.6 is 0 Å². The third-order valence-electron chi connectivity index (χ3n) is 6.97. The van der Waals surface area contributed by atoms with Crippen LogP contribution in [0.4, 0.5) is 23.3 Å². The standard InChI is InChI=1S/C28H28N12O4/c1-3-13-37-23(19-5-9-21(10-6-19)39(41)42)31-25(29)33-27(37)35-15-17-36(18-16-35)28-34-26(30)32-24(38(28)14-4-2)20-7-11-22(12-8-20)40(43)44/h3-12,29-30H,1-2,13-18H2. The molecule has 2 aromatic heterocycles. The predicted octanol–water partition coefficient (Wildman–Crippen LogP) is 2.68. The Kier molecular flexibility index (Phi) is 8.32. The SMILES string of the molecule is C=CCn1c(-c2ccc([N+](=O)[O-])cc2)nc(=N)nc1N1CCN(c2nc(=N)nc(-c3ccc([N+](=O)[O-])cc3)n2CC=C)CC1. The second-order valence-corrected chi connectivity index (χ2v) is 9.72. The number of non-ortho nitro benzene ring substituents is 2. The molecule has 0 amide bonds. The molecule has 0 bridgehead atoms. The number of rotatable bonds is 10. The van der Waals surface area contributed by atoms with Gasteiger partial charge in [0, 0.05) is 74.7 Å². The van der Waals surface area contributed by atoms with E-state index in [0.29, 0.717) is 73.9 Å². The Morgan fingerprint density at radius 1 is 0.659 bits per heavy atom. The Morgan fingerprint density at radius 2 is 1.00 bits per heavy atom. The first-order valence-electron chi connectivity index (χ1n) is 13.5. The summed E-state index contributed by atoms with van der Waals surface area (Å²) in [6.07, 6.45) is 3.38. The van der Waals surface area contributed by atoms with Crippen LogP contribution in [-0.4, -0.2) is 65.1 Å². The van der Waals surface area contributed by atoms with E-state index in [1.54, 1.807) is 36.4 Å². The minimum atomic E-state index is -0.475. The molecule has 224 valence electrons. The lowest BCUT2D eigenvalue weighted by atomic mass is 10.2. The minimum Gasteiger partial charge on any atom is -0.339 e. The van der Waals surface area contributed by atoms with Gasteiger partial charge in [-0.1, -0.05) is 12.2 Å². The number of hydrogen-bond acceptors (Lipinski definition) is 12. The van der Waals surface area contributed by atoms with Crippen molar-refractivity contribution >= 4 is 23.3 Å². The van der Waals surface area contributed by atoms with E-state index in [1.165, 1.54) is 24.3 Å². The van der Waals surface area contributed by atoms with Gasteiger partial charge in [-0.15, -0.1) is 13.2 Å². The Labute approximate surface area is 250 Å². The van der Waals surface area contributed by atoms with Crippen LogP contribution in [0.3, 0.4) is 0 Å². The molecule has 0 spiro atoms. The molecule has 0 saturated carbocycles. The summed E-state index contributed by atoms with van der Waals surface area (Å²) in [6, 6.07) is 11.9. The van der Waals surface area contributed by atoms with Crippen molar-refractivity contribution in [2.75, 3.05) is 36.0 Å². The molecule has 4 aromatic rings. The van der Waals surface area contributed by atoms with Crippen LogP contribution in [0.15, 0.2) is 73.8 Å². The second kappa shape index (κ2) is 12.4. The Balaban J connectivity index is 1.46. The maximum atomic E-state index is 11.1. The number of nitro benzene ring substituents is 2. The van der Waals surface area contributed by atoms with Crippen LogP contribution < -0.4 is 21.0 Å². The van der Waals surface area contributed by atoms with E-state index < -0.39 is 9.85 Å². The summed E-state index contributed by atoms with van der Waals surface area (Å²) in [4.78, 5) is 42.9. The second-order valence-electron chi connectivity index (χ2n) is 9.72. The van der Waals surface area contributed by atoms with Crippen LogP contribution in [0.25, 0.3) is 22.8 Å². The van der Waals surface area contributed by atoms with Gasteiger partial charge in [0.05, 0.1) is 9.85 Å². The highest BCUT2D eigenvalue weighted by atomic mass is 16.6. The van der Waals surface area contributed by atoms with E-state index in [-0.39, 0.29) is 22.6 Å². The molecule has 16 heteroatoms. The van der Waals surface area contributed by atoms with Gasteiger partial charge in [0.2, 0.25) is 23.1 Å². The molecule has 3 heterocycles. The highest BCUT2D eigenvalue weighted by Gasteiger charge is 2.26. The fourth-order valence-corrected chi connectivity index (χ4v) is 4.96. The van der Waals surface area contributed by atoms with Gasteiger partial charge < -0.3 is 9.80 Å². The van der Waals surface area contributed by atoms with Gasteiger partial charge in [0.15, 0.2) is 0 Å². The van der Waals surface area contributed by atoms with Gasteiger partial charge in [0.1, 0.15) is 11.6 Å². The molecule has 0 aliphatic carbocycles. The fraction of sp³-hybridized carbons (Fsp3) is 0.214. The first-order valence-corrected chi connectivity index (χ1v) is 13.5. The summed E-state index contributed by atoms with van der Waals surface area (Å²) >= 11 is 0. The van der Waals surface area contributed by atoms with Gasteiger partial charge >= 0.3 is 0 Å².